The Morgan fingerprint density at radius 3 is 2.63 bits per heavy atom. The Kier molecular flexibility index (Phi) is 5.87. The van der Waals surface area contributed by atoms with E-state index in [0.29, 0.717) is 5.13 Å². The SMILES string of the molecule is COC(=O)c1ccccc1C(=O)N(Cc1cccnc1)c1nc2ccc(Br)cc2s1. The Bertz CT molecular complexity index is 1230. The lowest BCUT2D eigenvalue weighted by Gasteiger charge is -2.21. The predicted molar refractivity (Wildman–Crippen MR) is 120 cm³/mol. The lowest BCUT2D eigenvalue weighted by atomic mass is 10.1. The summed E-state index contributed by atoms with van der Waals surface area (Å²) in [7, 11) is 1.29. The van der Waals surface area contributed by atoms with Gasteiger partial charge in [-0.15, -0.1) is 0 Å². The number of pyridine rings is 1. The van der Waals surface area contributed by atoms with Gasteiger partial charge in [-0.1, -0.05) is 45.5 Å². The van der Waals surface area contributed by atoms with E-state index in [-0.39, 0.29) is 23.6 Å². The van der Waals surface area contributed by atoms with Crippen molar-refractivity contribution in [1.29, 1.82) is 0 Å². The van der Waals surface area contributed by atoms with Gasteiger partial charge in [0.1, 0.15) is 0 Å². The number of ether oxygens (including phenoxy) is 1. The van der Waals surface area contributed by atoms with Crippen LogP contribution >= 0.6 is 27.3 Å². The van der Waals surface area contributed by atoms with Gasteiger partial charge in [0.25, 0.3) is 5.91 Å². The molecule has 0 radical (unpaired) electrons. The summed E-state index contributed by atoms with van der Waals surface area (Å²) in [4.78, 5) is 36.2. The molecule has 2 heterocycles. The summed E-state index contributed by atoms with van der Waals surface area (Å²) in [6, 6.07) is 16.1. The van der Waals surface area contributed by atoms with Crippen LogP contribution in [0.3, 0.4) is 0 Å². The number of esters is 1. The molecule has 4 rings (SSSR count). The highest BCUT2D eigenvalue weighted by Crippen LogP contribution is 2.32. The van der Waals surface area contributed by atoms with Crippen LogP contribution < -0.4 is 4.90 Å². The summed E-state index contributed by atoms with van der Waals surface area (Å²) in [5.74, 6) is -0.897. The second-order valence-electron chi connectivity index (χ2n) is 6.40. The Morgan fingerprint density at radius 2 is 1.90 bits per heavy atom. The van der Waals surface area contributed by atoms with Crippen molar-refractivity contribution in [3.63, 3.8) is 0 Å². The van der Waals surface area contributed by atoms with E-state index in [1.807, 2.05) is 30.3 Å². The van der Waals surface area contributed by atoms with Gasteiger partial charge in [0.05, 0.1) is 35.0 Å². The first-order valence-corrected chi connectivity index (χ1v) is 10.6. The van der Waals surface area contributed by atoms with Gasteiger partial charge in [0.15, 0.2) is 5.13 Å². The monoisotopic (exact) mass is 481 g/mol. The van der Waals surface area contributed by atoms with Crippen molar-refractivity contribution in [2.24, 2.45) is 0 Å². The molecular formula is C22H16BrN3O3S. The Hall–Kier alpha value is -3.10. The molecule has 0 N–H and O–H groups in total. The molecule has 0 saturated carbocycles. The van der Waals surface area contributed by atoms with Gasteiger partial charge in [-0.25, -0.2) is 9.78 Å². The number of thiazole rings is 1. The molecule has 0 saturated heterocycles. The summed E-state index contributed by atoms with van der Waals surface area (Å²) in [5, 5.41) is 0.539. The van der Waals surface area contributed by atoms with E-state index in [1.54, 1.807) is 41.6 Å². The number of nitrogens with zero attached hydrogens (tertiary/aromatic N) is 3. The molecule has 0 fully saturated rings. The average molecular weight is 482 g/mol. The van der Waals surface area contributed by atoms with Crippen LogP contribution in [0.15, 0.2) is 71.5 Å². The fourth-order valence-corrected chi connectivity index (χ4v) is 4.52. The second kappa shape index (κ2) is 8.73. The van der Waals surface area contributed by atoms with Gasteiger partial charge in [-0.05, 0) is 42.0 Å². The highest BCUT2D eigenvalue weighted by molar-refractivity contribution is 9.10. The summed E-state index contributed by atoms with van der Waals surface area (Å²) >= 11 is 4.88. The van der Waals surface area contributed by atoms with Crippen LogP contribution in [0.2, 0.25) is 0 Å². The number of carbonyl (C=O) groups excluding carboxylic acids is 2. The Labute approximate surface area is 185 Å². The third-order valence-corrected chi connectivity index (χ3v) is 5.98. The first-order chi connectivity index (χ1) is 14.6. The molecule has 150 valence electrons. The summed E-state index contributed by atoms with van der Waals surface area (Å²) in [6.45, 7) is 0.267. The van der Waals surface area contributed by atoms with Crippen LogP contribution in [-0.4, -0.2) is 29.0 Å². The van der Waals surface area contributed by atoms with Crippen LogP contribution in [-0.2, 0) is 11.3 Å². The number of hydrogen-bond acceptors (Lipinski definition) is 6. The van der Waals surface area contributed by atoms with Gasteiger partial charge < -0.3 is 4.74 Å². The minimum absolute atomic E-state index is 0.213. The maximum atomic E-state index is 13.6. The molecule has 0 bridgehead atoms. The average Bonchev–Trinajstić information content (AvgIpc) is 3.20. The van der Waals surface area contributed by atoms with Crippen LogP contribution in [0.5, 0.6) is 0 Å². The van der Waals surface area contributed by atoms with Gasteiger partial charge in [0.2, 0.25) is 0 Å². The highest BCUT2D eigenvalue weighted by atomic mass is 79.9. The third kappa shape index (κ3) is 4.10. The van der Waals surface area contributed by atoms with E-state index in [2.05, 4.69) is 25.9 Å². The zero-order chi connectivity index (χ0) is 21.1. The predicted octanol–water partition coefficient (Wildman–Crippen LogP) is 5.09. The molecule has 6 nitrogen and oxygen atoms in total. The molecule has 0 aliphatic heterocycles. The lowest BCUT2D eigenvalue weighted by molar-refractivity contribution is 0.0597. The quantitative estimate of drug-likeness (QED) is 0.371. The van der Waals surface area contributed by atoms with E-state index in [1.165, 1.54) is 18.4 Å². The molecule has 2 aromatic heterocycles. The summed E-state index contributed by atoms with van der Waals surface area (Å²) in [5.41, 5.74) is 2.11. The standard InChI is InChI=1S/C22H16BrN3O3S/c1-29-21(28)17-7-3-2-6-16(17)20(27)26(13-14-5-4-10-24-12-14)22-25-18-9-8-15(23)11-19(18)30-22/h2-12H,13H2,1H3. The number of benzene rings is 2. The Morgan fingerprint density at radius 1 is 1.10 bits per heavy atom. The normalized spacial score (nSPS) is 10.7. The molecule has 2 aromatic carbocycles. The summed E-state index contributed by atoms with van der Waals surface area (Å²) < 4.78 is 6.74. The topological polar surface area (TPSA) is 72.4 Å². The first kappa shape index (κ1) is 20.2. The molecule has 0 unspecified atom stereocenters. The minimum Gasteiger partial charge on any atom is -0.465 e. The Balaban J connectivity index is 1.81. The molecule has 0 aliphatic carbocycles. The van der Waals surface area contributed by atoms with Crippen molar-refractivity contribution >= 4 is 54.5 Å². The number of methoxy groups -OCH3 is 1. The van der Waals surface area contributed by atoms with Crippen molar-refractivity contribution in [1.82, 2.24) is 9.97 Å². The first-order valence-electron chi connectivity index (χ1n) is 9.01. The highest BCUT2D eigenvalue weighted by Gasteiger charge is 2.26. The van der Waals surface area contributed by atoms with Crippen molar-refractivity contribution < 1.29 is 14.3 Å². The van der Waals surface area contributed by atoms with Crippen molar-refractivity contribution in [3.8, 4) is 0 Å². The molecule has 0 aliphatic rings. The smallest absolute Gasteiger partial charge is 0.338 e. The molecule has 1 amide bonds. The number of amides is 1. The van der Waals surface area contributed by atoms with Crippen LogP contribution in [0.4, 0.5) is 5.13 Å². The van der Waals surface area contributed by atoms with Gasteiger partial charge in [0, 0.05) is 16.9 Å². The van der Waals surface area contributed by atoms with Crippen molar-refractivity contribution in [3.05, 3.63) is 88.2 Å². The zero-order valence-corrected chi connectivity index (χ0v) is 18.3. The van der Waals surface area contributed by atoms with E-state index < -0.39 is 5.97 Å². The number of anilines is 1. The molecule has 0 atom stereocenters. The number of halogens is 1. The lowest BCUT2D eigenvalue weighted by Crippen LogP contribution is -2.31. The van der Waals surface area contributed by atoms with Crippen LogP contribution in [0.1, 0.15) is 26.3 Å². The van der Waals surface area contributed by atoms with Gasteiger partial charge in [-0.3, -0.25) is 14.7 Å². The number of carbonyl (C=O) groups is 2. The molecule has 4 aromatic rings. The number of fused-ring (bicyclic) bond motifs is 1. The van der Waals surface area contributed by atoms with Crippen molar-refractivity contribution in [2.45, 2.75) is 6.54 Å². The van der Waals surface area contributed by atoms with Gasteiger partial charge in [-0.2, -0.15) is 0 Å². The fraction of sp³-hybridized carbons (Fsp3) is 0.0909. The van der Waals surface area contributed by atoms with E-state index in [4.69, 9.17) is 4.74 Å². The summed E-state index contributed by atoms with van der Waals surface area (Å²) in [6.07, 6.45) is 3.38. The fourth-order valence-electron chi connectivity index (χ4n) is 3.01. The minimum atomic E-state index is -0.562. The number of hydrogen-bond donors (Lipinski definition) is 0. The number of aromatic nitrogens is 2. The maximum Gasteiger partial charge on any atom is 0.338 e. The van der Waals surface area contributed by atoms with Crippen LogP contribution in [0.25, 0.3) is 10.2 Å². The number of rotatable bonds is 5. The van der Waals surface area contributed by atoms with Crippen LogP contribution in [0, 0.1) is 0 Å². The zero-order valence-electron chi connectivity index (χ0n) is 15.9. The van der Waals surface area contributed by atoms with Crippen molar-refractivity contribution in [2.75, 3.05) is 12.0 Å². The molecular weight excluding hydrogens is 466 g/mol. The third-order valence-electron chi connectivity index (χ3n) is 4.44. The maximum absolute atomic E-state index is 13.6. The van der Waals surface area contributed by atoms with Gasteiger partial charge >= 0.3 is 5.97 Å². The molecule has 30 heavy (non-hydrogen) atoms. The molecule has 0 spiro atoms. The largest absolute Gasteiger partial charge is 0.465 e. The second-order valence-corrected chi connectivity index (χ2v) is 8.32. The van der Waals surface area contributed by atoms with E-state index in [9.17, 15) is 9.59 Å². The van der Waals surface area contributed by atoms with E-state index in [0.717, 1.165) is 20.3 Å². The molecule has 8 heteroatoms. The van der Waals surface area contributed by atoms with E-state index >= 15 is 0 Å².